The van der Waals surface area contributed by atoms with Crippen LogP contribution in [0.15, 0.2) is 115 Å². The highest BCUT2D eigenvalue weighted by atomic mass is 16.6. The fraction of sp³-hybridized carbons (Fsp3) is 0.242. The lowest BCUT2D eigenvalue weighted by Crippen LogP contribution is -2.47. The number of hydrogen-bond acceptors (Lipinski definition) is 8. The van der Waals surface area contributed by atoms with Gasteiger partial charge in [-0.25, -0.2) is 14.4 Å². The molecule has 1 aliphatic heterocycles. The first-order valence-electron chi connectivity index (χ1n) is 13.5. The molecule has 9 heteroatoms. The summed E-state index contributed by atoms with van der Waals surface area (Å²) >= 11 is 0. The van der Waals surface area contributed by atoms with Gasteiger partial charge >= 0.3 is 18.2 Å². The molecule has 2 amide bonds. The molecule has 3 aromatic carbocycles. The average Bonchev–Trinajstić information content (AvgIpc) is 3.33. The second-order valence-electron chi connectivity index (χ2n) is 10.2. The minimum Gasteiger partial charge on any atom is -0.449 e. The average molecular weight is 570 g/mol. The number of amides is 2. The van der Waals surface area contributed by atoms with Crippen LogP contribution in [0, 0.1) is 0 Å². The van der Waals surface area contributed by atoms with Crippen LogP contribution < -0.4 is 0 Å². The fourth-order valence-electron chi connectivity index (χ4n) is 4.67. The van der Waals surface area contributed by atoms with Crippen LogP contribution in [0.5, 0.6) is 0 Å². The third-order valence-electron chi connectivity index (χ3n) is 6.94. The SMILES string of the molecule is O=C1OC2(C=CC(O)(COCc3ccccc3)C=C2)C[C@@H]1N(C(=O)OCc1ccccc1)C(=O)OCc1ccccc1. The molecule has 0 bridgehead atoms. The molecule has 2 aliphatic rings. The lowest BCUT2D eigenvalue weighted by atomic mass is 9.87. The summed E-state index contributed by atoms with van der Waals surface area (Å²) in [4.78, 5) is 40.2. The molecule has 1 spiro atoms. The van der Waals surface area contributed by atoms with E-state index in [0.717, 1.165) is 5.56 Å². The molecule has 42 heavy (non-hydrogen) atoms. The first-order chi connectivity index (χ1) is 20.3. The van der Waals surface area contributed by atoms with Crippen LogP contribution in [-0.4, -0.2) is 52.0 Å². The Hall–Kier alpha value is -4.73. The van der Waals surface area contributed by atoms with E-state index in [1.807, 2.05) is 42.5 Å². The van der Waals surface area contributed by atoms with Crippen LogP contribution in [0.2, 0.25) is 0 Å². The van der Waals surface area contributed by atoms with Crippen molar-refractivity contribution in [1.82, 2.24) is 4.90 Å². The van der Waals surface area contributed by atoms with E-state index < -0.39 is 35.4 Å². The second-order valence-corrected chi connectivity index (χ2v) is 10.2. The maximum Gasteiger partial charge on any atom is 0.420 e. The summed E-state index contributed by atoms with van der Waals surface area (Å²) in [6, 6.07) is 26.2. The Balaban J connectivity index is 1.27. The zero-order valence-corrected chi connectivity index (χ0v) is 22.8. The van der Waals surface area contributed by atoms with Gasteiger partial charge in [0.25, 0.3) is 0 Å². The summed E-state index contributed by atoms with van der Waals surface area (Å²) in [6.07, 6.45) is 3.90. The van der Waals surface area contributed by atoms with Crippen molar-refractivity contribution in [1.29, 1.82) is 0 Å². The van der Waals surface area contributed by atoms with Crippen molar-refractivity contribution in [2.45, 2.75) is 43.5 Å². The molecule has 1 atom stereocenters. The third-order valence-corrected chi connectivity index (χ3v) is 6.94. The van der Waals surface area contributed by atoms with E-state index in [4.69, 9.17) is 18.9 Å². The number of benzene rings is 3. The molecule has 0 unspecified atom stereocenters. The summed E-state index contributed by atoms with van der Waals surface area (Å²) in [7, 11) is 0. The number of carbonyl (C=O) groups is 3. The van der Waals surface area contributed by atoms with Crippen molar-refractivity contribution < 1.29 is 38.4 Å². The van der Waals surface area contributed by atoms with Gasteiger partial charge in [-0.1, -0.05) is 91.0 Å². The van der Waals surface area contributed by atoms with E-state index in [2.05, 4.69) is 0 Å². The molecular formula is C33H31NO8. The fourth-order valence-corrected chi connectivity index (χ4v) is 4.67. The van der Waals surface area contributed by atoms with Crippen molar-refractivity contribution >= 4 is 18.2 Å². The van der Waals surface area contributed by atoms with Crippen LogP contribution in [0.4, 0.5) is 9.59 Å². The highest BCUT2D eigenvalue weighted by Gasteiger charge is 2.52. The predicted molar refractivity (Wildman–Crippen MR) is 152 cm³/mol. The Morgan fingerprint density at radius 3 is 1.67 bits per heavy atom. The molecule has 0 aromatic heterocycles. The third kappa shape index (κ3) is 7.12. The van der Waals surface area contributed by atoms with Gasteiger partial charge in [0.15, 0.2) is 5.60 Å². The summed E-state index contributed by atoms with van der Waals surface area (Å²) in [5.74, 6) is -0.802. The number of rotatable bonds is 9. The second kappa shape index (κ2) is 12.8. The molecule has 216 valence electrons. The lowest BCUT2D eigenvalue weighted by molar-refractivity contribution is -0.146. The Bertz CT molecular complexity index is 1370. The summed E-state index contributed by atoms with van der Waals surface area (Å²) in [5.41, 5.74) is -0.313. The van der Waals surface area contributed by atoms with Crippen molar-refractivity contribution in [3.05, 3.63) is 132 Å². The van der Waals surface area contributed by atoms with Crippen molar-refractivity contribution in [2.75, 3.05) is 6.61 Å². The van der Waals surface area contributed by atoms with Crippen LogP contribution in [0.3, 0.4) is 0 Å². The molecule has 0 saturated carbocycles. The smallest absolute Gasteiger partial charge is 0.420 e. The first-order valence-corrected chi connectivity index (χ1v) is 13.5. The Morgan fingerprint density at radius 2 is 1.19 bits per heavy atom. The van der Waals surface area contributed by atoms with Gasteiger partial charge in [-0.05, 0) is 41.0 Å². The molecule has 1 aliphatic carbocycles. The topological polar surface area (TPSA) is 112 Å². The van der Waals surface area contributed by atoms with Crippen LogP contribution in [0.25, 0.3) is 0 Å². The Kier molecular flexibility index (Phi) is 8.80. The van der Waals surface area contributed by atoms with E-state index in [1.165, 1.54) is 12.2 Å². The number of nitrogens with zero attached hydrogens (tertiary/aromatic N) is 1. The molecule has 0 radical (unpaired) electrons. The number of esters is 1. The molecule has 1 fully saturated rings. The number of hydrogen-bond donors (Lipinski definition) is 1. The van der Waals surface area contributed by atoms with Crippen molar-refractivity contribution in [3.63, 3.8) is 0 Å². The Morgan fingerprint density at radius 1 is 0.738 bits per heavy atom. The Labute approximate surface area is 243 Å². The number of imide groups is 1. The lowest BCUT2D eigenvalue weighted by Gasteiger charge is -2.30. The number of aliphatic hydroxyl groups is 1. The molecular weight excluding hydrogens is 538 g/mol. The summed E-state index contributed by atoms with van der Waals surface area (Å²) in [5, 5.41) is 11.0. The molecule has 1 N–H and O–H groups in total. The van der Waals surface area contributed by atoms with E-state index in [-0.39, 0.29) is 26.2 Å². The maximum absolute atomic E-state index is 13.2. The van der Waals surface area contributed by atoms with Crippen LogP contribution in [0.1, 0.15) is 23.1 Å². The largest absolute Gasteiger partial charge is 0.449 e. The van der Waals surface area contributed by atoms with E-state index in [9.17, 15) is 19.5 Å². The molecule has 1 heterocycles. The van der Waals surface area contributed by atoms with E-state index >= 15 is 0 Å². The van der Waals surface area contributed by atoms with Gasteiger partial charge in [0.2, 0.25) is 0 Å². The van der Waals surface area contributed by atoms with Gasteiger partial charge < -0.3 is 24.1 Å². The molecule has 9 nitrogen and oxygen atoms in total. The zero-order chi connectivity index (χ0) is 29.4. The minimum absolute atomic E-state index is 0.0217. The summed E-state index contributed by atoms with van der Waals surface area (Å²) in [6.45, 7) is 0.0833. The molecule has 3 aromatic rings. The summed E-state index contributed by atoms with van der Waals surface area (Å²) < 4.78 is 22.1. The predicted octanol–water partition coefficient (Wildman–Crippen LogP) is 5.09. The number of ether oxygens (including phenoxy) is 4. The van der Waals surface area contributed by atoms with Gasteiger partial charge in [0.05, 0.1) is 13.2 Å². The van der Waals surface area contributed by atoms with Crippen LogP contribution >= 0.6 is 0 Å². The van der Waals surface area contributed by atoms with E-state index in [0.29, 0.717) is 22.6 Å². The van der Waals surface area contributed by atoms with Crippen LogP contribution in [-0.2, 0) is 43.6 Å². The number of carbonyl (C=O) groups excluding carboxylic acids is 3. The van der Waals surface area contributed by atoms with Gasteiger partial charge in [-0.3, -0.25) is 0 Å². The van der Waals surface area contributed by atoms with Gasteiger partial charge in [-0.2, -0.15) is 4.90 Å². The molecule has 1 saturated heterocycles. The highest BCUT2D eigenvalue weighted by molar-refractivity contribution is 5.95. The van der Waals surface area contributed by atoms with E-state index in [1.54, 1.807) is 60.7 Å². The van der Waals surface area contributed by atoms with Crippen molar-refractivity contribution in [3.8, 4) is 0 Å². The van der Waals surface area contributed by atoms with Gasteiger partial charge in [-0.15, -0.1) is 0 Å². The van der Waals surface area contributed by atoms with Gasteiger partial charge in [0, 0.05) is 6.42 Å². The zero-order valence-electron chi connectivity index (χ0n) is 22.8. The minimum atomic E-state index is -1.42. The molecule has 5 rings (SSSR count). The van der Waals surface area contributed by atoms with Gasteiger partial charge in [0.1, 0.15) is 24.9 Å². The first kappa shape index (κ1) is 28.8. The monoisotopic (exact) mass is 569 g/mol. The standard InChI is InChI=1S/C33H31NO8/c35-29-28(20-33(42-29)18-16-32(38,17-19-33)24-39-21-25-10-4-1-5-11-25)34(30(36)40-22-26-12-6-2-7-13-26)31(37)41-23-27-14-8-3-9-15-27/h1-19,28,38H,20-24H2/t28-,32?,33?/m0/s1. The quantitative estimate of drug-likeness (QED) is 0.216. The maximum atomic E-state index is 13.2. The van der Waals surface area contributed by atoms with Crippen molar-refractivity contribution in [2.24, 2.45) is 0 Å². The normalized spacial score (nSPS) is 22.5. The highest BCUT2D eigenvalue weighted by Crippen LogP contribution is 2.37.